The fourth-order valence-corrected chi connectivity index (χ4v) is 2.61. The van der Waals surface area contributed by atoms with Crippen molar-refractivity contribution in [2.24, 2.45) is 4.99 Å². The molecule has 0 radical (unpaired) electrons. The second kappa shape index (κ2) is 10.2. The van der Waals surface area contributed by atoms with E-state index in [1.54, 1.807) is 35.5 Å². The molecule has 0 fully saturated rings. The van der Waals surface area contributed by atoms with Crippen molar-refractivity contribution in [3.63, 3.8) is 0 Å². The highest BCUT2D eigenvalue weighted by molar-refractivity contribution is 5.79. The zero-order valence-corrected chi connectivity index (χ0v) is 16.5. The molecule has 0 atom stereocenters. The van der Waals surface area contributed by atoms with Gasteiger partial charge in [-0.25, -0.2) is 0 Å². The van der Waals surface area contributed by atoms with E-state index in [1.165, 1.54) is 0 Å². The number of aliphatic imine (C=N–C) groups is 1. The predicted molar refractivity (Wildman–Crippen MR) is 106 cm³/mol. The monoisotopic (exact) mass is 373 g/mol. The highest BCUT2D eigenvalue weighted by atomic mass is 16.5. The van der Waals surface area contributed by atoms with Gasteiger partial charge in [-0.15, -0.1) is 0 Å². The Balaban J connectivity index is 2.01. The van der Waals surface area contributed by atoms with Crippen molar-refractivity contribution < 1.29 is 18.9 Å². The number of nitrogens with one attached hydrogen (secondary N) is 2. The van der Waals surface area contributed by atoms with Gasteiger partial charge in [0.15, 0.2) is 17.5 Å². The normalized spacial score (nSPS) is 10.9. The Morgan fingerprint density at radius 2 is 1.44 bits per heavy atom. The van der Waals surface area contributed by atoms with E-state index in [2.05, 4.69) is 15.6 Å². The van der Waals surface area contributed by atoms with Gasteiger partial charge >= 0.3 is 0 Å². The van der Waals surface area contributed by atoms with Crippen LogP contribution in [0.1, 0.15) is 11.1 Å². The lowest BCUT2D eigenvalue weighted by atomic mass is 10.2. The third-order valence-corrected chi connectivity index (χ3v) is 4.00. The Morgan fingerprint density at radius 1 is 0.815 bits per heavy atom. The molecule has 0 spiro atoms. The Labute approximate surface area is 160 Å². The summed E-state index contributed by atoms with van der Waals surface area (Å²) in [5, 5.41) is 6.56. The molecule has 7 nitrogen and oxygen atoms in total. The quantitative estimate of drug-likeness (QED) is 0.547. The fraction of sp³-hybridized carbons (Fsp3) is 0.350. The van der Waals surface area contributed by atoms with E-state index in [1.807, 2.05) is 36.4 Å². The highest BCUT2D eigenvalue weighted by Crippen LogP contribution is 2.38. The lowest BCUT2D eigenvalue weighted by molar-refractivity contribution is 0.323. The van der Waals surface area contributed by atoms with Crippen molar-refractivity contribution in [3.8, 4) is 23.0 Å². The fourth-order valence-electron chi connectivity index (χ4n) is 2.61. The largest absolute Gasteiger partial charge is 0.497 e. The molecule has 146 valence electrons. The van der Waals surface area contributed by atoms with Gasteiger partial charge < -0.3 is 29.6 Å². The van der Waals surface area contributed by atoms with Crippen LogP contribution >= 0.6 is 0 Å². The SMILES string of the molecule is CN=C(NCc1cccc(OC)c1)NCc1cc(OC)c(OC)c(OC)c1. The van der Waals surface area contributed by atoms with Crippen LogP contribution in [0, 0.1) is 0 Å². The molecule has 0 bridgehead atoms. The predicted octanol–water partition coefficient (Wildman–Crippen LogP) is 2.59. The molecule has 0 amide bonds. The molecule has 2 rings (SSSR count). The summed E-state index contributed by atoms with van der Waals surface area (Å²) in [5.74, 6) is 3.33. The third kappa shape index (κ3) is 5.44. The van der Waals surface area contributed by atoms with E-state index in [4.69, 9.17) is 18.9 Å². The smallest absolute Gasteiger partial charge is 0.203 e. The minimum atomic E-state index is 0.550. The van der Waals surface area contributed by atoms with Gasteiger partial charge in [0.25, 0.3) is 0 Å². The average molecular weight is 373 g/mol. The van der Waals surface area contributed by atoms with Gasteiger partial charge in [0.1, 0.15) is 5.75 Å². The molecule has 0 aliphatic rings. The molecule has 2 aromatic rings. The second-order valence-corrected chi connectivity index (χ2v) is 5.66. The number of hydrogen-bond donors (Lipinski definition) is 2. The first-order valence-corrected chi connectivity index (χ1v) is 8.51. The molecule has 0 saturated carbocycles. The van der Waals surface area contributed by atoms with Crippen LogP contribution < -0.4 is 29.6 Å². The summed E-state index contributed by atoms with van der Waals surface area (Å²) >= 11 is 0. The van der Waals surface area contributed by atoms with E-state index in [9.17, 15) is 0 Å². The van der Waals surface area contributed by atoms with Gasteiger partial charge in [0, 0.05) is 20.1 Å². The molecule has 2 aromatic carbocycles. The molecule has 7 heteroatoms. The van der Waals surface area contributed by atoms with Crippen LogP contribution in [0.3, 0.4) is 0 Å². The molecule has 0 heterocycles. The molecule has 0 saturated heterocycles. The number of guanidine groups is 1. The van der Waals surface area contributed by atoms with Crippen molar-refractivity contribution in [1.29, 1.82) is 0 Å². The molecule has 27 heavy (non-hydrogen) atoms. The summed E-state index contributed by atoms with van der Waals surface area (Å²) in [5.41, 5.74) is 2.08. The number of ether oxygens (including phenoxy) is 4. The van der Waals surface area contributed by atoms with Gasteiger partial charge in [0.05, 0.1) is 28.4 Å². The number of hydrogen-bond acceptors (Lipinski definition) is 5. The van der Waals surface area contributed by atoms with Gasteiger partial charge in [-0.1, -0.05) is 12.1 Å². The van der Waals surface area contributed by atoms with Crippen LogP contribution in [0.15, 0.2) is 41.4 Å². The van der Waals surface area contributed by atoms with Crippen molar-refractivity contribution in [3.05, 3.63) is 47.5 Å². The van der Waals surface area contributed by atoms with Gasteiger partial charge in [0.2, 0.25) is 5.75 Å². The van der Waals surface area contributed by atoms with Gasteiger partial charge in [-0.2, -0.15) is 0 Å². The number of methoxy groups -OCH3 is 4. The summed E-state index contributed by atoms with van der Waals surface area (Å²) in [6, 6.07) is 11.7. The number of rotatable bonds is 8. The Bertz CT molecular complexity index is 753. The topological polar surface area (TPSA) is 73.3 Å². The zero-order chi connectivity index (χ0) is 19.6. The van der Waals surface area contributed by atoms with Crippen molar-refractivity contribution in [2.45, 2.75) is 13.1 Å². The Hall–Kier alpha value is -3.09. The summed E-state index contributed by atoms with van der Waals surface area (Å²) in [7, 11) is 8.18. The van der Waals surface area contributed by atoms with E-state index < -0.39 is 0 Å². The van der Waals surface area contributed by atoms with E-state index >= 15 is 0 Å². The third-order valence-electron chi connectivity index (χ3n) is 4.00. The molecule has 0 aliphatic heterocycles. The number of nitrogens with zero attached hydrogens (tertiary/aromatic N) is 1. The highest BCUT2D eigenvalue weighted by Gasteiger charge is 2.13. The van der Waals surface area contributed by atoms with Gasteiger partial charge in [-0.05, 0) is 35.4 Å². The average Bonchev–Trinajstić information content (AvgIpc) is 2.73. The molecule has 0 unspecified atom stereocenters. The van der Waals surface area contributed by atoms with Crippen LogP contribution in [-0.4, -0.2) is 41.4 Å². The first kappa shape index (κ1) is 20.2. The molecule has 0 aromatic heterocycles. The van der Waals surface area contributed by atoms with Crippen LogP contribution in [0.2, 0.25) is 0 Å². The number of benzene rings is 2. The van der Waals surface area contributed by atoms with E-state index in [0.717, 1.165) is 16.9 Å². The minimum Gasteiger partial charge on any atom is -0.497 e. The Morgan fingerprint density at radius 3 is 1.96 bits per heavy atom. The second-order valence-electron chi connectivity index (χ2n) is 5.66. The summed E-state index contributed by atoms with van der Waals surface area (Å²) < 4.78 is 21.4. The van der Waals surface area contributed by atoms with Crippen LogP contribution in [-0.2, 0) is 13.1 Å². The van der Waals surface area contributed by atoms with Crippen molar-refractivity contribution in [1.82, 2.24) is 10.6 Å². The maximum absolute atomic E-state index is 5.39. The minimum absolute atomic E-state index is 0.550. The molecular weight excluding hydrogens is 346 g/mol. The van der Waals surface area contributed by atoms with Crippen LogP contribution in [0.5, 0.6) is 23.0 Å². The Kier molecular flexibility index (Phi) is 7.61. The van der Waals surface area contributed by atoms with Gasteiger partial charge in [-0.3, -0.25) is 4.99 Å². The van der Waals surface area contributed by atoms with Crippen molar-refractivity contribution >= 4 is 5.96 Å². The summed E-state index contributed by atoms with van der Waals surface area (Å²) in [4.78, 5) is 4.26. The summed E-state index contributed by atoms with van der Waals surface area (Å²) in [6.07, 6.45) is 0. The van der Waals surface area contributed by atoms with E-state index in [-0.39, 0.29) is 0 Å². The zero-order valence-electron chi connectivity index (χ0n) is 16.5. The lowest BCUT2D eigenvalue weighted by Crippen LogP contribution is -2.36. The maximum atomic E-state index is 5.39. The molecule has 0 aliphatic carbocycles. The first-order chi connectivity index (χ1) is 13.1. The lowest BCUT2D eigenvalue weighted by Gasteiger charge is -2.16. The van der Waals surface area contributed by atoms with E-state index in [0.29, 0.717) is 36.3 Å². The standard InChI is InChI=1S/C20H27N3O4/c1-21-20(22-12-14-7-6-8-16(9-14)24-2)23-13-15-10-17(25-3)19(27-5)18(11-15)26-4/h6-11H,12-13H2,1-5H3,(H2,21,22,23). The first-order valence-electron chi connectivity index (χ1n) is 8.51. The molecule has 2 N–H and O–H groups in total. The maximum Gasteiger partial charge on any atom is 0.203 e. The summed E-state index contributed by atoms with van der Waals surface area (Å²) in [6.45, 7) is 1.18. The van der Waals surface area contributed by atoms with Crippen LogP contribution in [0.25, 0.3) is 0 Å². The molecular formula is C20H27N3O4. The van der Waals surface area contributed by atoms with Crippen LogP contribution in [0.4, 0.5) is 0 Å². The van der Waals surface area contributed by atoms with Crippen molar-refractivity contribution in [2.75, 3.05) is 35.5 Å².